The Kier molecular flexibility index (Phi) is 4.37. The maximum Gasteiger partial charge on any atom is 0.257 e. The third-order valence-corrected chi connectivity index (χ3v) is 7.71. The van der Waals surface area contributed by atoms with Gasteiger partial charge in [0.25, 0.3) is 5.91 Å². The van der Waals surface area contributed by atoms with Crippen LogP contribution in [0.2, 0.25) is 0 Å². The molecule has 7 heteroatoms. The van der Waals surface area contributed by atoms with Gasteiger partial charge in [-0.25, -0.2) is 4.90 Å². The van der Waals surface area contributed by atoms with Crippen LogP contribution in [0, 0.1) is 35.5 Å². The number of allylic oxidation sites excluding steroid dienone is 2. The highest BCUT2D eigenvalue weighted by Crippen LogP contribution is 2.65. The molecule has 5 aliphatic rings. The van der Waals surface area contributed by atoms with Crippen molar-refractivity contribution in [2.75, 3.05) is 24.4 Å². The zero-order chi connectivity index (χ0) is 22.9. The van der Waals surface area contributed by atoms with Crippen LogP contribution < -0.4 is 19.7 Å². The van der Waals surface area contributed by atoms with E-state index in [2.05, 4.69) is 17.5 Å². The Morgan fingerprint density at radius 2 is 1.61 bits per heavy atom. The average molecular weight is 444 g/mol. The number of amides is 3. The SMILES string of the molecule is COc1ccc(NC(=O)c2ccccc2N2C(=O)[C@@H]3[C@H]4C=C[C@@H]([C@@H]5C[C@H]45)[C@@H]3C2=O)c(OC)c1. The highest BCUT2D eigenvalue weighted by molar-refractivity contribution is 6.25. The van der Waals surface area contributed by atoms with Gasteiger partial charge >= 0.3 is 0 Å². The maximum atomic E-state index is 13.5. The second-order valence-electron chi connectivity index (χ2n) is 9.20. The first-order valence-electron chi connectivity index (χ1n) is 11.2. The molecule has 1 saturated heterocycles. The van der Waals surface area contributed by atoms with Gasteiger partial charge in [0.05, 0.1) is 43.0 Å². The van der Waals surface area contributed by atoms with E-state index in [9.17, 15) is 14.4 Å². The second-order valence-corrected chi connectivity index (χ2v) is 9.20. The first-order chi connectivity index (χ1) is 16.0. The molecule has 2 bridgehead atoms. The summed E-state index contributed by atoms with van der Waals surface area (Å²) in [4.78, 5) is 41.6. The molecule has 2 aromatic rings. The van der Waals surface area contributed by atoms with Gasteiger partial charge in [-0.1, -0.05) is 24.3 Å². The molecule has 0 radical (unpaired) electrons. The summed E-state index contributed by atoms with van der Waals surface area (Å²) in [5.41, 5.74) is 1.06. The first kappa shape index (κ1) is 20.0. The van der Waals surface area contributed by atoms with Gasteiger partial charge < -0.3 is 14.8 Å². The van der Waals surface area contributed by atoms with Crippen LogP contribution in [0.5, 0.6) is 11.5 Å². The predicted octanol–water partition coefficient (Wildman–Crippen LogP) is 3.51. The summed E-state index contributed by atoms with van der Waals surface area (Å²) in [6.07, 6.45) is 5.39. The van der Waals surface area contributed by atoms with Crippen molar-refractivity contribution in [2.24, 2.45) is 35.5 Å². The van der Waals surface area contributed by atoms with Gasteiger partial charge in [-0.3, -0.25) is 14.4 Å². The summed E-state index contributed by atoms with van der Waals surface area (Å²) in [5, 5.41) is 2.85. The number of hydrogen-bond acceptors (Lipinski definition) is 5. The molecule has 1 N–H and O–H groups in total. The molecular formula is C26H24N2O5. The highest BCUT2D eigenvalue weighted by Gasteiger charge is 2.67. The lowest BCUT2D eigenvalue weighted by molar-refractivity contribution is -0.124. The van der Waals surface area contributed by atoms with Gasteiger partial charge in [-0.2, -0.15) is 0 Å². The van der Waals surface area contributed by atoms with Crippen molar-refractivity contribution in [3.8, 4) is 11.5 Å². The van der Waals surface area contributed by atoms with E-state index in [4.69, 9.17) is 9.47 Å². The van der Waals surface area contributed by atoms with Crippen molar-refractivity contribution in [1.82, 2.24) is 0 Å². The third-order valence-electron chi connectivity index (χ3n) is 7.71. The molecule has 2 saturated carbocycles. The number of methoxy groups -OCH3 is 2. The maximum absolute atomic E-state index is 13.5. The second kappa shape index (κ2) is 7.20. The number of benzene rings is 2. The Labute approximate surface area is 191 Å². The van der Waals surface area contributed by atoms with Crippen LogP contribution in [-0.4, -0.2) is 31.9 Å². The van der Waals surface area contributed by atoms with Gasteiger partial charge in [0.1, 0.15) is 11.5 Å². The minimum atomic E-state index is -0.423. The van der Waals surface area contributed by atoms with Crippen LogP contribution in [0.3, 0.4) is 0 Å². The van der Waals surface area contributed by atoms with Crippen molar-refractivity contribution in [2.45, 2.75) is 6.42 Å². The van der Waals surface area contributed by atoms with Crippen LogP contribution in [0.15, 0.2) is 54.6 Å². The topological polar surface area (TPSA) is 84.9 Å². The molecule has 0 unspecified atom stereocenters. The van der Waals surface area contributed by atoms with E-state index in [0.717, 1.165) is 6.42 Å². The molecular weight excluding hydrogens is 420 g/mol. The fraction of sp³-hybridized carbons (Fsp3) is 0.346. The van der Waals surface area contributed by atoms with Gasteiger partial charge in [-0.15, -0.1) is 0 Å². The Balaban J connectivity index is 1.32. The molecule has 3 fully saturated rings. The van der Waals surface area contributed by atoms with E-state index in [1.807, 2.05) is 0 Å². The molecule has 1 heterocycles. The predicted molar refractivity (Wildman–Crippen MR) is 121 cm³/mol. The number of anilines is 2. The van der Waals surface area contributed by atoms with E-state index in [1.54, 1.807) is 49.6 Å². The van der Waals surface area contributed by atoms with Crippen molar-refractivity contribution in [1.29, 1.82) is 0 Å². The minimum absolute atomic E-state index is 0.135. The lowest BCUT2D eigenvalue weighted by Crippen LogP contribution is -2.40. The summed E-state index contributed by atoms with van der Waals surface area (Å²) >= 11 is 0. The molecule has 0 spiro atoms. The van der Waals surface area contributed by atoms with E-state index in [0.29, 0.717) is 34.7 Å². The summed E-state index contributed by atoms with van der Waals surface area (Å²) in [5.74, 6) is 0.958. The summed E-state index contributed by atoms with van der Waals surface area (Å²) in [6, 6.07) is 11.9. The number of imide groups is 1. The van der Waals surface area contributed by atoms with Crippen LogP contribution >= 0.6 is 0 Å². The van der Waals surface area contributed by atoms with E-state index in [1.165, 1.54) is 12.0 Å². The smallest absolute Gasteiger partial charge is 0.257 e. The molecule has 3 amide bonds. The summed E-state index contributed by atoms with van der Waals surface area (Å²) in [6.45, 7) is 0. The molecule has 6 atom stereocenters. The van der Waals surface area contributed by atoms with E-state index < -0.39 is 5.91 Å². The van der Waals surface area contributed by atoms with Crippen molar-refractivity contribution in [3.63, 3.8) is 0 Å². The molecule has 0 aromatic heterocycles. The highest BCUT2D eigenvalue weighted by atomic mass is 16.5. The quantitative estimate of drug-likeness (QED) is 0.564. The molecule has 7 rings (SSSR count). The fourth-order valence-corrected chi connectivity index (χ4v) is 6.15. The van der Waals surface area contributed by atoms with Crippen molar-refractivity contribution >= 4 is 29.1 Å². The summed E-state index contributed by atoms with van der Waals surface area (Å²) < 4.78 is 10.6. The number of carbonyl (C=O) groups excluding carboxylic acids is 3. The number of nitrogens with zero attached hydrogens (tertiary/aromatic N) is 1. The molecule has 33 heavy (non-hydrogen) atoms. The van der Waals surface area contributed by atoms with Crippen molar-refractivity contribution in [3.05, 3.63) is 60.2 Å². The Bertz CT molecular complexity index is 1180. The van der Waals surface area contributed by atoms with Crippen LogP contribution in [-0.2, 0) is 9.59 Å². The third kappa shape index (κ3) is 2.84. The largest absolute Gasteiger partial charge is 0.497 e. The van der Waals surface area contributed by atoms with E-state index >= 15 is 0 Å². The van der Waals surface area contributed by atoms with Gasteiger partial charge in [-0.05, 0) is 54.4 Å². The molecule has 168 valence electrons. The molecule has 4 aliphatic carbocycles. The summed E-state index contributed by atoms with van der Waals surface area (Å²) in [7, 11) is 3.06. The Hall–Kier alpha value is -3.61. The number of carbonyl (C=O) groups is 3. The number of rotatable bonds is 5. The standard InChI is InChI=1S/C26H24N2O5/c1-32-13-7-10-19(21(11-13)33-2)27-24(29)16-5-3-4-6-20(16)28-25(30)22-14-8-9-15(18-12-17(14)18)23(22)26(28)31/h3-11,14-15,17-18,22-23H,12H2,1-2H3,(H,27,29)/t14-,15-,17-,18+,22-,23+/m0/s1. The van der Waals surface area contributed by atoms with Gasteiger partial charge in [0.2, 0.25) is 11.8 Å². The minimum Gasteiger partial charge on any atom is -0.497 e. The first-order valence-corrected chi connectivity index (χ1v) is 11.2. The molecule has 1 aliphatic heterocycles. The zero-order valence-electron chi connectivity index (χ0n) is 18.4. The Morgan fingerprint density at radius 1 is 0.939 bits per heavy atom. The number of nitrogens with one attached hydrogen (secondary N) is 1. The lowest BCUT2D eigenvalue weighted by Gasteiger charge is -2.37. The van der Waals surface area contributed by atoms with Crippen molar-refractivity contribution < 1.29 is 23.9 Å². The lowest BCUT2D eigenvalue weighted by atomic mass is 9.63. The number of para-hydroxylation sites is 1. The van der Waals surface area contributed by atoms with Crippen LogP contribution in [0.1, 0.15) is 16.8 Å². The number of ether oxygens (including phenoxy) is 2. The Morgan fingerprint density at radius 3 is 2.24 bits per heavy atom. The molecule has 7 nitrogen and oxygen atoms in total. The monoisotopic (exact) mass is 444 g/mol. The normalized spacial score (nSPS) is 30.7. The van der Waals surface area contributed by atoms with Gasteiger partial charge in [0.15, 0.2) is 0 Å². The van der Waals surface area contributed by atoms with Crippen LogP contribution in [0.4, 0.5) is 11.4 Å². The number of hydrogen-bond donors (Lipinski definition) is 1. The average Bonchev–Trinajstić information content (AvgIpc) is 3.62. The van der Waals surface area contributed by atoms with Crippen LogP contribution in [0.25, 0.3) is 0 Å². The fourth-order valence-electron chi connectivity index (χ4n) is 6.15. The zero-order valence-corrected chi connectivity index (χ0v) is 18.4. The van der Waals surface area contributed by atoms with Gasteiger partial charge in [0, 0.05) is 6.07 Å². The molecule has 2 aromatic carbocycles. The van der Waals surface area contributed by atoms with E-state index in [-0.39, 0.29) is 41.0 Å².